The molecule has 2 aliphatic rings. The van der Waals surface area contributed by atoms with Crippen LogP contribution in [0, 0.1) is 5.92 Å². The number of hydrogen-bond donors (Lipinski definition) is 3. The average molecular weight is 519 g/mol. The Kier molecular flexibility index (Phi) is 6.36. The zero-order chi connectivity index (χ0) is 24.7. The number of benzene rings is 1. The van der Waals surface area contributed by atoms with Crippen LogP contribution in [-0.4, -0.2) is 74.8 Å². The first kappa shape index (κ1) is 23.9. The number of piperazine rings is 1. The van der Waals surface area contributed by atoms with Crippen molar-refractivity contribution in [2.45, 2.75) is 12.8 Å². The van der Waals surface area contributed by atoms with Gasteiger partial charge in [-0.2, -0.15) is 8.72 Å². The molecular weight excluding hydrogens is 492 g/mol. The van der Waals surface area contributed by atoms with Crippen LogP contribution in [0.1, 0.15) is 12.8 Å². The maximum absolute atomic E-state index is 12.2. The van der Waals surface area contributed by atoms with E-state index in [4.69, 9.17) is 0 Å². The van der Waals surface area contributed by atoms with Gasteiger partial charge in [0.1, 0.15) is 11.5 Å². The molecule has 13 heteroatoms. The number of anilines is 2. The predicted molar refractivity (Wildman–Crippen MR) is 134 cm³/mol. The number of hydrogen-bond acceptors (Lipinski definition) is 6. The molecule has 1 unspecified atom stereocenters. The van der Waals surface area contributed by atoms with E-state index in [1.807, 2.05) is 24.3 Å². The van der Waals surface area contributed by atoms with Gasteiger partial charge in [-0.1, -0.05) is 12.1 Å². The van der Waals surface area contributed by atoms with E-state index in [0.29, 0.717) is 30.2 Å². The van der Waals surface area contributed by atoms with E-state index in [1.165, 1.54) is 8.72 Å². The number of nitrogens with one attached hydrogen (secondary N) is 2. The Morgan fingerprint density at radius 2 is 1.86 bits per heavy atom. The molecule has 11 nitrogen and oxygen atoms in total. The summed E-state index contributed by atoms with van der Waals surface area (Å²) in [7, 11) is -3.31. The van der Waals surface area contributed by atoms with Crippen LogP contribution in [0.25, 0.3) is 22.2 Å². The molecule has 2 fully saturated rings. The van der Waals surface area contributed by atoms with Gasteiger partial charge in [0, 0.05) is 43.7 Å². The highest BCUT2D eigenvalue weighted by Crippen LogP contribution is 2.34. The van der Waals surface area contributed by atoms with Crippen LogP contribution in [0.2, 0.25) is 0 Å². The molecule has 186 valence electrons. The second-order valence-electron chi connectivity index (χ2n) is 8.72. The number of sulfonamides is 1. The summed E-state index contributed by atoms with van der Waals surface area (Å²) in [5.74, 6) is 0.503. The lowest BCUT2D eigenvalue weighted by molar-refractivity contribution is -0.117. The molecule has 1 saturated heterocycles. The Morgan fingerprint density at radius 1 is 1.17 bits per heavy atom. The van der Waals surface area contributed by atoms with E-state index < -0.39 is 21.3 Å². The molecule has 3 aromatic rings. The topological polar surface area (TPSA) is 139 Å². The van der Waals surface area contributed by atoms with E-state index in [2.05, 4.69) is 15.3 Å². The molecule has 1 aliphatic carbocycles. The second-order valence-corrected chi connectivity index (χ2v) is 11.5. The zero-order valence-electron chi connectivity index (χ0n) is 19.0. The molecule has 1 aromatic carbocycles. The quantitative estimate of drug-likeness (QED) is 0.407. The zero-order valence-corrected chi connectivity index (χ0v) is 20.7. The van der Waals surface area contributed by atoms with Crippen molar-refractivity contribution >= 4 is 49.7 Å². The van der Waals surface area contributed by atoms with Crippen molar-refractivity contribution in [3.05, 3.63) is 42.6 Å². The first-order valence-electron chi connectivity index (χ1n) is 11.2. The largest absolute Gasteiger partial charge is 0.346 e. The summed E-state index contributed by atoms with van der Waals surface area (Å²) < 4.78 is 48.4. The molecule has 0 spiro atoms. The van der Waals surface area contributed by atoms with E-state index >= 15 is 0 Å². The lowest BCUT2D eigenvalue weighted by Crippen LogP contribution is -2.55. The summed E-state index contributed by atoms with van der Waals surface area (Å²) in [5.41, 5.74) is 2.88. The highest BCUT2D eigenvalue weighted by atomic mass is 32.2. The van der Waals surface area contributed by atoms with Gasteiger partial charge in [-0.05, 0) is 48.2 Å². The summed E-state index contributed by atoms with van der Waals surface area (Å²) in [6, 6.07) is 10.9. The highest BCUT2D eigenvalue weighted by Gasteiger charge is 2.31. The van der Waals surface area contributed by atoms with Crippen LogP contribution in [0.3, 0.4) is 0 Å². The van der Waals surface area contributed by atoms with Crippen molar-refractivity contribution in [1.29, 1.82) is 0 Å². The van der Waals surface area contributed by atoms with Crippen LogP contribution in [0.4, 0.5) is 11.5 Å². The number of H-pyrrole nitrogens is 1. The summed E-state index contributed by atoms with van der Waals surface area (Å²) in [6.07, 6.45) is 4.75. The van der Waals surface area contributed by atoms with Crippen LogP contribution < -0.4 is 9.73 Å². The molecule has 3 heterocycles. The number of fused-ring (bicyclic) bond motifs is 1. The fourth-order valence-corrected chi connectivity index (χ4v) is 5.72. The van der Waals surface area contributed by atoms with Gasteiger partial charge >= 0.3 is 0 Å². The number of hydrazine groups is 1. The molecule has 1 amide bonds. The second kappa shape index (κ2) is 9.32. The summed E-state index contributed by atoms with van der Waals surface area (Å²) in [6.45, 7) is 1.06. The molecule has 5 rings (SSSR count). The van der Waals surface area contributed by atoms with Gasteiger partial charge < -0.3 is 10.3 Å². The fraction of sp³-hybridized carbons (Fsp3) is 0.364. The van der Waals surface area contributed by atoms with Crippen molar-refractivity contribution in [1.82, 2.24) is 19.3 Å². The Labute approximate surface area is 205 Å². The Hall–Kier alpha value is -2.84. The van der Waals surface area contributed by atoms with E-state index in [9.17, 15) is 22.0 Å². The number of amides is 1. The molecule has 1 aliphatic heterocycles. The highest BCUT2D eigenvalue weighted by molar-refractivity contribution is 7.88. The summed E-state index contributed by atoms with van der Waals surface area (Å²) >= 11 is -2.33. The maximum atomic E-state index is 12.2. The van der Waals surface area contributed by atoms with Gasteiger partial charge in [-0.25, -0.2) is 22.6 Å². The number of pyridine rings is 1. The molecule has 1 saturated carbocycles. The lowest BCUT2D eigenvalue weighted by atomic mass is 10.0. The molecule has 3 N–H and O–H groups in total. The third-order valence-corrected chi connectivity index (χ3v) is 8.26. The van der Waals surface area contributed by atoms with Crippen molar-refractivity contribution in [3.63, 3.8) is 0 Å². The van der Waals surface area contributed by atoms with E-state index in [-0.39, 0.29) is 24.9 Å². The third kappa shape index (κ3) is 5.09. The fourth-order valence-electron chi connectivity index (χ4n) is 4.23. The van der Waals surface area contributed by atoms with Crippen LogP contribution in [0.15, 0.2) is 42.6 Å². The molecule has 1 atom stereocenters. The van der Waals surface area contributed by atoms with E-state index in [1.54, 1.807) is 23.3 Å². The van der Waals surface area contributed by atoms with Crippen molar-refractivity contribution in [2.24, 2.45) is 5.92 Å². The van der Waals surface area contributed by atoms with Crippen molar-refractivity contribution in [3.8, 4) is 11.1 Å². The van der Waals surface area contributed by atoms with Crippen LogP contribution in [0.5, 0.6) is 0 Å². The molecule has 2 aromatic heterocycles. The van der Waals surface area contributed by atoms with Gasteiger partial charge in [-0.3, -0.25) is 9.35 Å². The number of nitrogens with zero attached hydrogens (tertiary/aromatic N) is 4. The van der Waals surface area contributed by atoms with Crippen LogP contribution in [-0.2, 0) is 26.1 Å². The summed E-state index contributed by atoms with van der Waals surface area (Å²) in [4.78, 5) is 19.8. The molecular formula is C22H26N6O5S2. The smallest absolute Gasteiger partial charge is 0.277 e. The number of aromatic amines is 1. The lowest BCUT2D eigenvalue weighted by Gasteiger charge is -2.38. The minimum atomic E-state index is -3.31. The van der Waals surface area contributed by atoms with Gasteiger partial charge in [0.2, 0.25) is 15.9 Å². The Morgan fingerprint density at radius 3 is 2.46 bits per heavy atom. The SMILES string of the molecule is CS(=O)(=O)N1CCN(N(c2ccc(-c3cc(NC(=O)C4CC4)nc4[nH]ccc34)cc2)S(=O)O)CC1. The van der Waals surface area contributed by atoms with Gasteiger partial charge in [-0.15, -0.1) is 0 Å². The first-order valence-corrected chi connectivity index (χ1v) is 14.1. The van der Waals surface area contributed by atoms with Gasteiger partial charge in [0.25, 0.3) is 11.3 Å². The molecule has 35 heavy (non-hydrogen) atoms. The Bertz CT molecular complexity index is 1380. The normalized spacial score (nSPS) is 18.5. The summed E-state index contributed by atoms with van der Waals surface area (Å²) in [5, 5.41) is 5.46. The molecule has 0 bridgehead atoms. The van der Waals surface area contributed by atoms with Crippen molar-refractivity contribution < 1.29 is 22.0 Å². The molecule has 0 radical (unpaired) electrons. The monoisotopic (exact) mass is 518 g/mol. The maximum Gasteiger partial charge on any atom is 0.277 e. The predicted octanol–water partition coefficient (Wildman–Crippen LogP) is 2.01. The van der Waals surface area contributed by atoms with Gasteiger partial charge in [0.15, 0.2) is 0 Å². The average Bonchev–Trinajstić information content (AvgIpc) is 3.57. The number of rotatable bonds is 7. The van der Waals surface area contributed by atoms with Crippen molar-refractivity contribution in [2.75, 3.05) is 42.2 Å². The standard InChI is InChI=1S/C22H26N6O5S2/c1-35(32,33)27-12-10-26(11-13-27)28(34(30)31)17-6-4-15(5-7-17)19-14-20(25-22(29)16-2-3-16)24-21-18(19)8-9-23-21/h4-9,14,16H,2-3,10-13H2,1H3,(H,30,31)(H2,23,24,25,29). The van der Waals surface area contributed by atoms with E-state index in [0.717, 1.165) is 35.6 Å². The minimum Gasteiger partial charge on any atom is -0.346 e. The third-order valence-electron chi connectivity index (χ3n) is 6.22. The van der Waals surface area contributed by atoms with Crippen LogP contribution >= 0.6 is 0 Å². The minimum absolute atomic E-state index is 0.0262. The number of aromatic nitrogens is 2. The Balaban J connectivity index is 1.40. The number of carbonyl (C=O) groups excluding carboxylic acids is 1. The van der Waals surface area contributed by atoms with Gasteiger partial charge in [0.05, 0.1) is 11.9 Å². The number of carbonyl (C=O) groups is 1. The first-order chi connectivity index (χ1) is 16.7.